The van der Waals surface area contributed by atoms with Crippen LogP contribution >= 0.6 is 11.8 Å². The fourth-order valence-corrected chi connectivity index (χ4v) is 3.27. The summed E-state index contributed by atoms with van der Waals surface area (Å²) in [7, 11) is 0. The average molecular weight is 411 g/mol. The monoisotopic (exact) mass is 411 g/mol. The van der Waals surface area contributed by atoms with Gasteiger partial charge in [-0.25, -0.2) is 0 Å². The van der Waals surface area contributed by atoms with Crippen LogP contribution in [-0.4, -0.2) is 34.4 Å². The van der Waals surface area contributed by atoms with E-state index >= 15 is 0 Å². The summed E-state index contributed by atoms with van der Waals surface area (Å²) in [6.07, 6.45) is 0.399. The Morgan fingerprint density at radius 2 is 1.86 bits per heavy atom. The number of ether oxygens (including phenoxy) is 2. The summed E-state index contributed by atoms with van der Waals surface area (Å²) in [5, 5.41) is 11.1. The van der Waals surface area contributed by atoms with E-state index in [0.29, 0.717) is 45.8 Å². The van der Waals surface area contributed by atoms with Gasteiger partial charge in [0.25, 0.3) is 5.22 Å². The predicted octanol–water partition coefficient (Wildman–Crippen LogP) is 3.79. The first-order chi connectivity index (χ1) is 14.1. The van der Waals surface area contributed by atoms with Crippen LogP contribution in [0.25, 0.3) is 11.5 Å². The summed E-state index contributed by atoms with van der Waals surface area (Å²) >= 11 is 1.17. The van der Waals surface area contributed by atoms with E-state index < -0.39 is 0 Å². The molecule has 4 rings (SSSR count). The highest BCUT2D eigenvalue weighted by molar-refractivity contribution is 7.99. The van der Waals surface area contributed by atoms with Crippen molar-refractivity contribution in [2.75, 3.05) is 17.9 Å². The number of anilines is 1. The van der Waals surface area contributed by atoms with E-state index in [1.807, 2.05) is 0 Å². The van der Waals surface area contributed by atoms with Crippen molar-refractivity contribution in [2.45, 2.75) is 18.6 Å². The van der Waals surface area contributed by atoms with E-state index in [-0.39, 0.29) is 24.2 Å². The van der Waals surface area contributed by atoms with Gasteiger partial charge in [0.2, 0.25) is 18.6 Å². The van der Waals surface area contributed by atoms with Gasteiger partial charge >= 0.3 is 0 Å². The molecule has 0 bridgehead atoms. The van der Waals surface area contributed by atoms with Gasteiger partial charge < -0.3 is 19.2 Å². The first-order valence-electron chi connectivity index (χ1n) is 8.92. The lowest BCUT2D eigenvalue weighted by Crippen LogP contribution is -2.09. The maximum atomic E-state index is 12.4. The molecular formula is C20H17N3O5S. The number of nitrogens with zero attached hydrogens (tertiary/aromatic N) is 2. The van der Waals surface area contributed by atoms with Crippen molar-refractivity contribution in [1.29, 1.82) is 0 Å². The third-order valence-electron chi connectivity index (χ3n) is 4.16. The fraction of sp³-hybridized carbons (Fsp3) is 0.200. The molecule has 0 atom stereocenters. The Hall–Kier alpha value is -3.33. The van der Waals surface area contributed by atoms with Gasteiger partial charge in [0, 0.05) is 23.2 Å². The van der Waals surface area contributed by atoms with Crippen LogP contribution < -0.4 is 14.8 Å². The normalized spacial score (nSPS) is 12.0. The molecule has 1 aromatic heterocycles. The molecule has 1 amide bonds. The molecule has 0 saturated heterocycles. The Balaban J connectivity index is 1.36. The Kier molecular flexibility index (Phi) is 5.48. The molecule has 29 heavy (non-hydrogen) atoms. The quantitative estimate of drug-likeness (QED) is 0.463. The summed E-state index contributed by atoms with van der Waals surface area (Å²) in [6.45, 7) is 1.97. The van der Waals surface area contributed by atoms with Crippen molar-refractivity contribution in [3.05, 3.63) is 48.0 Å². The second-order valence-electron chi connectivity index (χ2n) is 6.13. The molecule has 8 nitrogen and oxygen atoms in total. The summed E-state index contributed by atoms with van der Waals surface area (Å²) in [5.74, 6) is 1.65. The number of Topliss-reactive ketones (excluding diaryl/α,β-unsaturated/α-hetero) is 1. The molecule has 2 heterocycles. The number of carbonyl (C=O) groups is 2. The Bertz CT molecular complexity index is 1050. The first-order valence-corrected chi connectivity index (χ1v) is 9.90. The van der Waals surface area contributed by atoms with Gasteiger partial charge in [-0.3, -0.25) is 9.59 Å². The molecule has 148 valence electrons. The standard InChI is InChI=1S/C20H17N3O5S/c1-2-18(25)21-14-6-3-12(4-7-14)15(24)10-29-20-23-22-19(28-20)13-5-8-16-17(9-13)27-11-26-16/h3-9H,2,10-11H2,1H3,(H,21,25). The molecule has 2 aromatic carbocycles. The second kappa shape index (κ2) is 8.36. The molecule has 0 fully saturated rings. The van der Waals surface area contributed by atoms with Gasteiger partial charge in [0.05, 0.1) is 5.75 Å². The fourth-order valence-electron chi connectivity index (χ4n) is 2.61. The van der Waals surface area contributed by atoms with Gasteiger partial charge in [0.1, 0.15) is 0 Å². The molecule has 9 heteroatoms. The molecule has 1 aliphatic heterocycles. The summed E-state index contributed by atoms with van der Waals surface area (Å²) < 4.78 is 16.3. The number of hydrogen-bond acceptors (Lipinski definition) is 8. The van der Waals surface area contributed by atoms with Gasteiger partial charge in [-0.2, -0.15) is 0 Å². The number of carbonyl (C=O) groups excluding carboxylic acids is 2. The number of fused-ring (bicyclic) bond motifs is 1. The zero-order valence-corrected chi connectivity index (χ0v) is 16.3. The number of hydrogen-bond donors (Lipinski definition) is 1. The first kappa shape index (κ1) is 19.0. The van der Waals surface area contributed by atoms with Gasteiger partial charge in [-0.15, -0.1) is 10.2 Å². The highest BCUT2D eigenvalue weighted by atomic mass is 32.2. The smallest absolute Gasteiger partial charge is 0.277 e. The number of aromatic nitrogens is 2. The van der Waals surface area contributed by atoms with Crippen LogP contribution in [0.5, 0.6) is 11.5 Å². The minimum Gasteiger partial charge on any atom is -0.454 e. The van der Waals surface area contributed by atoms with Gasteiger partial charge in [-0.1, -0.05) is 18.7 Å². The van der Waals surface area contributed by atoms with Crippen molar-refractivity contribution < 1.29 is 23.5 Å². The predicted molar refractivity (Wildman–Crippen MR) is 106 cm³/mol. The lowest BCUT2D eigenvalue weighted by atomic mass is 10.1. The highest BCUT2D eigenvalue weighted by Crippen LogP contribution is 2.36. The molecule has 0 aliphatic carbocycles. The summed E-state index contributed by atoms with van der Waals surface area (Å²) in [5.41, 5.74) is 1.92. The van der Waals surface area contributed by atoms with Crippen molar-refractivity contribution in [1.82, 2.24) is 10.2 Å². The van der Waals surface area contributed by atoms with Crippen LogP contribution in [0, 0.1) is 0 Å². The van der Waals surface area contributed by atoms with Crippen LogP contribution in [0.2, 0.25) is 0 Å². The van der Waals surface area contributed by atoms with Crippen molar-refractivity contribution in [3.63, 3.8) is 0 Å². The van der Waals surface area contributed by atoms with Crippen molar-refractivity contribution >= 4 is 29.1 Å². The van der Waals surface area contributed by atoms with E-state index in [1.165, 1.54) is 11.8 Å². The minimum atomic E-state index is -0.0776. The molecule has 1 aliphatic rings. The van der Waals surface area contributed by atoms with E-state index in [2.05, 4.69) is 15.5 Å². The summed E-state index contributed by atoms with van der Waals surface area (Å²) in [6, 6.07) is 12.1. The van der Waals surface area contributed by atoms with E-state index in [9.17, 15) is 9.59 Å². The SMILES string of the molecule is CCC(=O)Nc1ccc(C(=O)CSc2nnc(-c3ccc4c(c3)OCO4)o2)cc1. The zero-order valence-electron chi connectivity index (χ0n) is 15.5. The van der Waals surface area contributed by atoms with Crippen LogP contribution in [0.1, 0.15) is 23.7 Å². The third-order valence-corrected chi connectivity index (χ3v) is 4.98. The second-order valence-corrected chi connectivity index (χ2v) is 7.06. The van der Waals surface area contributed by atoms with Crippen LogP contribution in [0.4, 0.5) is 5.69 Å². The largest absolute Gasteiger partial charge is 0.454 e. The molecule has 0 saturated carbocycles. The number of rotatable bonds is 7. The number of nitrogens with one attached hydrogen (secondary N) is 1. The molecule has 0 spiro atoms. The molecular weight excluding hydrogens is 394 g/mol. The van der Waals surface area contributed by atoms with Gasteiger partial charge in [0.15, 0.2) is 17.3 Å². The number of benzene rings is 2. The molecule has 1 N–H and O–H groups in total. The molecule has 3 aromatic rings. The van der Waals surface area contributed by atoms with Crippen molar-refractivity contribution in [3.8, 4) is 23.0 Å². The maximum Gasteiger partial charge on any atom is 0.277 e. The van der Waals surface area contributed by atoms with Crippen molar-refractivity contribution in [2.24, 2.45) is 0 Å². The van der Waals surface area contributed by atoms with E-state index in [0.717, 1.165) is 0 Å². The third kappa shape index (κ3) is 4.40. The summed E-state index contributed by atoms with van der Waals surface area (Å²) in [4.78, 5) is 23.8. The zero-order chi connectivity index (χ0) is 20.2. The molecule has 0 unspecified atom stereocenters. The minimum absolute atomic E-state index is 0.0747. The topological polar surface area (TPSA) is 104 Å². The van der Waals surface area contributed by atoms with E-state index in [1.54, 1.807) is 49.4 Å². The van der Waals surface area contributed by atoms with Crippen LogP contribution in [0.3, 0.4) is 0 Å². The number of thioether (sulfide) groups is 1. The Morgan fingerprint density at radius 1 is 1.07 bits per heavy atom. The maximum absolute atomic E-state index is 12.4. The molecule has 0 radical (unpaired) electrons. The Morgan fingerprint density at radius 3 is 2.66 bits per heavy atom. The van der Waals surface area contributed by atoms with Crippen LogP contribution in [-0.2, 0) is 4.79 Å². The Labute approximate surface area is 170 Å². The number of ketones is 1. The highest BCUT2D eigenvalue weighted by Gasteiger charge is 2.17. The number of amides is 1. The lowest BCUT2D eigenvalue weighted by molar-refractivity contribution is -0.115. The average Bonchev–Trinajstić information content (AvgIpc) is 3.41. The van der Waals surface area contributed by atoms with E-state index in [4.69, 9.17) is 13.9 Å². The van der Waals surface area contributed by atoms with Gasteiger partial charge in [-0.05, 0) is 42.5 Å². The lowest BCUT2D eigenvalue weighted by Gasteiger charge is -2.04. The van der Waals surface area contributed by atoms with Crippen LogP contribution in [0.15, 0.2) is 52.1 Å².